The van der Waals surface area contributed by atoms with Crippen LogP contribution in [0.2, 0.25) is 0 Å². The van der Waals surface area contributed by atoms with E-state index in [-0.39, 0.29) is 16.6 Å². The number of carboxylic acid groups (broad SMARTS) is 1. The highest BCUT2D eigenvalue weighted by molar-refractivity contribution is 7.89. The van der Waals surface area contributed by atoms with E-state index in [9.17, 15) is 13.2 Å². The van der Waals surface area contributed by atoms with E-state index >= 15 is 0 Å². The summed E-state index contributed by atoms with van der Waals surface area (Å²) < 4.78 is 27.1. The minimum absolute atomic E-state index is 0.0331. The van der Waals surface area contributed by atoms with E-state index in [2.05, 4.69) is 9.71 Å². The smallest absolute Gasteiger partial charge is 0.337 e. The largest absolute Gasteiger partial charge is 0.478 e. The molecular formula is C14H20N2O4S. The Hall–Kier alpha value is -1.47. The Bertz CT molecular complexity index is 592. The Morgan fingerprint density at radius 2 is 2.00 bits per heavy atom. The lowest BCUT2D eigenvalue weighted by Crippen LogP contribution is -2.39. The molecule has 1 aromatic rings. The van der Waals surface area contributed by atoms with E-state index in [0.29, 0.717) is 5.92 Å². The van der Waals surface area contributed by atoms with Crippen LogP contribution in [0.15, 0.2) is 23.4 Å². The quantitative estimate of drug-likeness (QED) is 0.867. The van der Waals surface area contributed by atoms with Crippen LogP contribution in [0.3, 0.4) is 0 Å². The van der Waals surface area contributed by atoms with Crippen LogP contribution in [0.4, 0.5) is 0 Å². The minimum Gasteiger partial charge on any atom is -0.478 e. The van der Waals surface area contributed by atoms with Crippen molar-refractivity contribution in [2.45, 2.75) is 50.1 Å². The maximum absolute atomic E-state index is 12.2. The van der Waals surface area contributed by atoms with Gasteiger partial charge in [0.15, 0.2) is 5.03 Å². The summed E-state index contributed by atoms with van der Waals surface area (Å²) in [5.74, 6) is -0.776. The van der Waals surface area contributed by atoms with Crippen molar-refractivity contribution in [3.63, 3.8) is 0 Å². The molecule has 1 heterocycles. The third-order valence-corrected chi connectivity index (χ3v) is 5.43. The number of hydrogen-bond acceptors (Lipinski definition) is 4. The number of hydrogen-bond donors (Lipinski definition) is 2. The Morgan fingerprint density at radius 3 is 2.52 bits per heavy atom. The number of aromatic carboxylic acids is 1. The lowest BCUT2D eigenvalue weighted by Gasteiger charge is -2.27. The van der Waals surface area contributed by atoms with E-state index in [1.807, 2.05) is 6.92 Å². The van der Waals surface area contributed by atoms with E-state index < -0.39 is 16.0 Å². The first-order valence-electron chi connectivity index (χ1n) is 7.12. The van der Waals surface area contributed by atoms with Crippen LogP contribution in [0, 0.1) is 5.92 Å². The number of nitrogens with one attached hydrogen (secondary N) is 1. The monoisotopic (exact) mass is 312 g/mol. The second kappa shape index (κ2) is 6.53. The van der Waals surface area contributed by atoms with Gasteiger partial charge in [-0.2, -0.15) is 0 Å². The lowest BCUT2D eigenvalue weighted by molar-refractivity contribution is 0.0696. The molecule has 116 valence electrons. The van der Waals surface area contributed by atoms with Gasteiger partial charge < -0.3 is 5.11 Å². The van der Waals surface area contributed by atoms with Crippen molar-refractivity contribution in [1.29, 1.82) is 0 Å². The zero-order valence-corrected chi connectivity index (χ0v) is 12.8. The fourth-order valence-electron chi connectivity index (χ4n) is 2.70. The predicted molar refractivity (Wildman–Crippen MR) is 77.6 cm³/mol. The molecule has 7 heteroatoms. The van der Waals surface area contributed by atoms with Gasteiger partial charge in [0.25, 0.3) is 10.0 Å². The summed E-state index contributed by atoms with van der Waals surface area (Å²) >= 11 is 0. The zero-order valence-electron chi connectivity index (χ0n) is 11.9. The molecule has 0 aromatic carbocycles. The molecule has 0 aliphatic heterocycles. The van der Waals surface area contributed by atoms with Gasteiger partial charge in [0.05, 0.1) is 5.56 Å². The predicted octanol–water partition coefficient (Wildman–Crippen LogP) is 2.03. The first-order chi connectivity index (χ1) is 9.90. The second-order valence-electron chi connectivity index (χ2n) is 5.50. The van der Waals surface area contributed by atoms with Gasteiger partial charge in [-0.25, -0.2) is 22.9 Å². The van der Waals surface area contributed by atoms with Gasteiger partial charge in [0.1, 0.15) is 0 Å². The molecule has 1 atom stereocenters. The van der Waals surface area contributed by atoms with Crippen molar-refractivity contribution >= 4 is 16.0 Å². The number of carbonyl (C=O) groups is 1. The van der Waals surface area contributed by atoms with Gasteiger partial charge >= 0.3 is 5.97 Å². The van der Waals surface area contributed by atoms with Gasteiger partial charge in [0, 0.05) is 12.2 Å². The van der Waals surface area contributed by atoms with Crippen molar-refractivity contribution in [3.05, 3.63) is 23.9 Å². The number of aromatic nitrogens is 1. The van der Waals surface area contributed by atoms with Crippen molar-refractivity contribution in [2.24, 2.45) is 5.92 Å². The van der Waals surface area contributed by atoms with E-state index in [1.54, 1.807) is 0 Å². The third kappa shape index (κ3) is 4.01. The summed E-state index contributed by atoms with van der Waals surface area (Å²) in [6.07, 6.45) is 6.63. The molecule has 0 amide bonds. The van der Waals surface area contributed by atoms with E-state index in [0.717, 1.165) is 31.9 Å². The fourth-order valence-corrected chi connectivity index (χ4v) is 3.94. The van der Waals surface area contributed by atoms with Gasteiger partial charge in [-0.05, 0) is 37.8 Å². The summed E-state index contributed by atoms with van der Waals surface area (Å²) in [4.78, 5) is 14.5. The highest BCUT2D eigenvalue weighted by atomic mass is 32.2. The maximum atomic E-state index is 12.2. The highest BCUT2D eigenvalue weighted by Gasteiger charge is 2.25. The molecular weight excluding hydrogens is 292 g/mol. The molecule has 1 aromatic heterocycles. The van der Waals surface area contributed by atoms with Crippen LogP contribution in [0.5, 0.6) is 0 Å². The number of carboxylic acids is 1. The van der Waals surface area contributed by atoms with E-state index in [1.165, 1.54) is 18.6 Å². The van der Waals surface area contributed by atoms with Gasteiger partial charge in [-0.1, -0.05) is 19.3 Å². The standard InChI is InChI=1S/C14H20N2O4S/c1-10(11-5-3-2-4-6-11)16-21(19,20)13-8-7-12(9-15-13)14(17)18/h7-11,16H,2-6H2,1H3,(H,17,18)/t10-/m0/s1. The molecule has 1 aliphatic carbocycles. The number of nitrogens with zero attached hydrogens (tertiary/aromatic N) is 1. The molecule has 1 fully saturated rings. The average molecular weight is 312 g/mol. The SMILES string of the molecule is C[C@H](NS(=O)(=O)c1ccc(C(=O)O)cn1)C1CCCCC1. The lowest BCUT2D eigenvalue weighted by atomic mass is 9.85. The van der Waals surface area contributed by atoms with Crippen molar-refractivity contribution in [1.82, 2.24) is 9.71 Å². The summed E-state index contributed by atoms with van der Waals surface area (Å²) in [7, 11) is -3.71. The number of rotatable bonds is 5. The first kappa shape index (κ1) is 15.9. The Balaban J connectivity index is 2.08. The average Bonchev–Trinajstić information content (AvgIpc) is 2.48. The third-order valence-electron chi connectivity index (χ3n) is 3.96. The van der Waals surface area contributed by atoms with Crippen LogP contribution in [-0.4, -0.2) is 30.5 Å². The van der Waals surface area contributed by atoms with Crippen molar-refractivity contribution in [3.8, 4) is 0 Å². The molecule has 0 spiro atoms. The number of pyridine rings is 1. The molecule has 0 radical (unpaired) electrons. The van der Waals surface area contributed by atoms with Crippen LogP contribution >= 0.6 is 0 Å². The normalized spacial score (nSPS) is 18.3. The topological polar surface area (TPSA) is 96.4 Å². The second-order valence-corrected chi connectivity index (χ2v) is 7.16. The first-order valence-corrected chi connectivity index (χ1v) is 8.60. The Morgan fingerprint density at radius 1 is 1.33 bits per heavy atom. The maximum Gasteiger partial charge on any atom is 0.337 e. The van der Waals surface area contributed by atoms with E-state index in [4.69, 9.17) is 5.11 Å². The molecule has 21 heavy (non-hydrogen) atoms. The molecule has 2 rings (SSSR count). The van der Waals surface area contributed by atoms with Crippen LogP contribution in [-0.2, 0) is 10.0 Å². The van der Waals surface area contributed by atoms with Crippen molar-refractivity contribution in [2.75, 3.05) is 0 Å². The highest BCUT2D eigenvalue weighted by Crippen LogP contribution is 2.27. The van der Waals surface area contributed by atoms with Crippen LogP contribution in [0.1, 0.15) is 49.4 Å². The summed E-state index contributed by atoms with van der Waals surface area (Å²) in [6.45, 7) is 1.87. The van der Waals surface area contributed by atoms with Gasteiger partial charge in [-0.3, -0.25) is 0 Å². The molecule has 1 saturated carbocycles. The van der Waals surface area contributed by atoms with Gasteiger partial charge in [-0.15, -0.1) is 0 Å². The van der Waals surface area contributed by atoms with Crippen LogP contribution < -0.4 is 4.72 Å². The molecule has 1 aliphatic rings. The number of sulfonamides is 1. The molecule has 2 N–H and O–H groups in total. The molecule has 0 saturated heterocycles. The minimum atomic E-state index is -3.71. The van der Waals surface area contributed by atoms with Gasteiger partial charge in [0.2, 0.25) is 0 Å². The summed E-state index contributed by atoms with van der Waals surface area (Å²) in [6, 6.07) is 2.32. The molecule has 0 bridgehead atoms. The molecule has 6 nitrogen and oxygen atoms in total. The zero-order chi connectivity index (χ0) is 15.5. The Labute approximate surface area is 124 Å². The van der Waals surface area contributed by atoms with Crippen molar-refractivity contribution < 1.29 is 18.3 Å². The fraction of sp³-hybridized carbons (Fsp3) is 0.571. The Kier molecular flexibility index (Phi) is 4.95. The summed E-state index contributed by atoms with van der Waals surface area (Å²) in [5, 5.41) is 8.65. The summed E-state index contributed by atoms with van der Waals surface area (Å²) in [5.41, 5.74) is -0.0331. The van der Waals surface area contributed by atoms with Crippen LogP contribution in [0.25, 0.3) is 0 Å². The molecule has 0 unspecified atom stereocenters.